The predicted octanol–water partition coefficient (Wildman–Crippen LogP) is 0.356. The van der Waals surface area contributed by atoms with Crippen molar-refractivity contribution >= 4 is 11.9 Å². The van der Waals surface area contributed by atoms with Gasteiger partial charge in [-0.2, -0.15) is 0 Å². The molecule has 3 N–H and O–H groups in total. The first-order chi connectivity index (χ1) is 7.11. The summed E-state index contributed by atoms with van der Waals surface area (Å²) in [6.45, 7) is 2.26. The lowest BCUT2D eigenvalue weighted by Crippen LogP contribution is -2.43. The Kier molecular flexibility index (Phi) is 7.62. The Morgan fingerprint density at radius 2 is 2.07 bits per heavy atom. The van der Waals surface area contributed by atoms with Crippen LogP contribution >= 0.6 is 0 Å². The van der Waals surface area contributed by atoms with E-state index in [1.165, 1.54) is 0 Å². The first-order valence-corrected chi connectivity index (χ1v) is 5.28. The second-order valence-corrected chi connectivity index (χ2v) is 3.42. The van der Waals surface area contributed by atoms with Crippen LogP contribution in [0.15, 0.2) is 0 Å². The molecule has 1 amide bonds. The third kappa shape index (κ3) is 6.90. The number of carboxylic acid groups (broad SMARTS) is 1. The molecular formula is C10H20N2O3. The lowest BCUT2D eigenvalue weighted by Gasteiger charge is -2.14. The SMILES string of the molecule is CCCCC(NC)C(=O)NCCC(=O)O. The molecule has 0 aliphatic heterocycles. The average molecular weight is 216 g/mol. The summed E-state index contributed by atoms with van der Waals surface area (Å²) in [5, 5.41) is 13.9. The quantitative estimate of drug-likeness (QED) is 0.547. The van der Waals surface area contributed by atoms with E-state index in [4.69, 9.17) is 5.11 Å². The van der Waals surface area contributed by atoms with E-state index >= 15 is 0 Å². The standard InChI is InChI=1S/C10H20N2O3/c1-3-4-5-8(11-2)10(15)12-7-6-9(13)14/h8,11H,3-7H2,1-2H3,(H,12,15)(H,13,14). The highest BCUT2D eigenvalue weighted by molar-refractivity contribution is 5.82. The number of likely N-dealkylation sites (N-methyl/N-ethyl adjacent to an activating group) is 1. The fourth-order valence-corrected chi connectivity index (χ4v) is 1.23. The molecule has 1 atom stereocenters. The van der Waals surface area contributed by atoms with E-state index in [1.54, 1.807) is 7.05 Å². The van der Waals surface area contributed by atoms with Gasteiger partial charge in [0.25, 0.3) is 0 Å². The van der Waals surface area contributed by atoms with E-state index in [2.05, 4.69) is 17.6 Å². The Bertz CT molecular complexity index is 207. The monoisotopic (exact) mass is 216 g/mol. The van der Waals surface area contributed by atoms with Crippen molar-refractivity contribution in [1.29, 1.82) is 0 Å². The third-order valence-electron chi connectivity index (χ3n) is 2.15. The molecule has 0 saturated carbocycles. The molecule has 1 unspecified atom stereocenters. The summed E-state index contributed by atoms with van der Waals surface area (Å²) in [6, 6.07) is -0.209. The molecule has 0 radical (unpaired) electrons. The molecule has 0 spiro atoms. The minimum absolute atomic E-state index is 0.0318. The molecule has 0 fully saturated rings. The lowest BCUT2D eigenvalue weighted by molar-refractivity contribution is -0.137. The van der Waals surface area contributed by atoms with Crippen LogP contribution < -0.4 is 10.6 Å². The first-order valence-electron chi connectivity index (χ1n) is 5.28. The normalized spacial score (nSPS) is 12.1. The van der Waals surface area contributed by atoms with Crippen LogP contribution in [0.25, 0.3) is 0 Å². The molecule has 5 heteroatoms. The molecule has 0 aliphatic carbocycles. The van der Waals surface area contributed by atoms with Crippen molar-refractivity contribution < 1.29 is 14.7 Å². The van der Waals surface area contributed by atoms with Gasteiger partial charge in [-0.1, -0.05) is 19.8 Å². The largest absolute Gasteiger partial charge is 0.481 e. The molecule has 0 aromatic rings. The van der Waals surface area contributed by atoms with Gasteiger partial charge in [-0.3, -0.25) is 9.59 Å². The van der Waals surface area contributed by atoms with Crippen LogP contribution in [0, 0.1) is 0 Å². The number of rotatable bonds is 8. The summed E-state index contributed by atoms with van der Waals surface area (Å²) in [4.78, 5) is 21.7. The van der Waals surface area contributed by atoms with Gasteiger partial charge in [0.1, 0.15) is 0 Å². The van der Waals surface area contributed by atoms with Gasteiger partial charge < -0.3 is 15.7 Å². The van der Waals surface area contributed by atoms with Crippen LogP contribution in [0.5, 0.6) is 0 Å². The van der Waals surface area contributed by atoms with Gasteiger partial charge in [0.05, 0.1) is 12.5 Å². The van der Waals surface area contributed by atoms with Crippen molar-refractivity contribution in [3.8, 4) is 0 Å². The zero-order valence-corrected chi connectivity index (χ0v) is 9.38. The van der Waals surface area contributed by atoms with E-state index < -0.39 is 5.97 Å². The van der Waals surface area contributed by atoms with Crippen LogP contribution in [0.3, 0.4) is 0 Å². The summed E-state index contributed by atoms with van der Waals surface area (Å²) in [7, 11) is 1.73. The van der Waals surface area contributed by atoms with Gasteiger partial charge in [0.2, 0.25) is 5.91 Å². The molecule has 0 aromatic carbocycles. The fraction of sp³-hybridized carbons (Fsp3) is 0.800. The third-order valence-corrected chi connectivity index (χ3v) is 2.15. The molecule has 0 bridgehead atoms. The van der Waals surface area contributed by atoms with Crippen LogP contribution in [0.2, 0.25) is 0 Å². The van der Waals surface area contributed by atoms with Gasteiger partial charge in [0, 0.05) is 6.54 Å². The van der Waals surface area contributed by atoms with Crippen molar-refractivity contribution in [3.05, 3.63) is 0 Å². The Balaban J connectivity index is 3.77. The second-order valence-electron chi connectivity index (χ2n) is 3.42. The predicted molar refractivity (Wildman–Crippen MR) is 57.6 cm³/mol. The minimum atomic E-state index is -0.898. The van der Waals surface area contributed by atoms with E-state index in [9.17, 15) is 9.59 Å². The number of carboxylic acids is 1. The summed E-state index contributed by atoms with van der Waals surface area (Å²) in [6.07, 6.45) is 2.78. The van der Waals surface area contributed by atoms with Crippen molar-refractivity contribution in [2.75, 3.05) is 13.6 Å². The Morgan fingerprint density at radius 1 is 1.40 bits per heavy atom. The maximum absolute atomic E-state index is 11.5. The zero-order chi connectivity index (χ0) is 11.7. The van der Waals surface area contributed by atoms with E-state index in [1.807, 2.05) is 0 Å². The molecule has 5 nitrogen and oxygen atoms in total. The molecule has 0 aromatic heterocycles. The Hall–Kier alpha value is -1.10. The van der Waals surface area contributed by atoms with Crippen LogP contribution in [0.1, 0.15) is 32.6 Å². The zero-order valence-electron chi connectivity index (χ0n) is 9.38. The smallest absolute Gasteiger partial charge is 0.305 e. The van der Waals surface area contributed by atoms with Crippen LogP contribution in [-0.4, -0.2) is 36.6 Å². The van der Waals surface area contributed by atoms with E-state index in [0.717, 1.165) is 19.3 Å². The number of nitrogens with one attached hydrogen (secondary N) is 2. The molecule has 0 saturated heterocycles. The summed E-state index contributed by atoms with van der Waals surface area (Å²) < 4.78 is 0. The highest BCUT2D eigenvalue weighted by Crippen LogP contribution is 2.00. The lowest BCUT2D eigenvalue weighted by atomic mass is 10.1. The highest BCUT2D eigenvalue weighted by Gasteiger charge is 2.14. The molecule has 0 rings (SSSR count). The number of unbranched alkanes of at least 4 members (excludes halogenated alkanes) is 1. The average Bonchev–Trinajstić information content (AvgIpc) is 2.18. The number of carbonyl (C=O) groups is 2. The van der Waals surface area contributed by atoms with E-state index in [-0.39, 0.29) is 24.9 Å². The molecule has 0 aliphatic rings. The Morgan fingerprint density at radius 3 is 2.53 bits per heavy atom. The molecule has 88 valence electrons. The number of amides is 1. The van der Waals surface area contributed by atoms with Crippen molar-refractivity contribution in [2.45, 2.75) is 38.6 Å². The first kappa shape index (κ1) is 13.9. The number of hydrogen-bond donors (Lipinski definition) is 3. The minimum Gasteiger partial charge on any atom is -0.481 e. The molecule has 0 heterocycles. The van der Waals surface area contributed by atoms with Crippen LogP contribution in [-0.2, 0) is 9.59 Å². The number of hydrogen-bond acceptors (Lipinski definition) is 3. The molecule has 15 heavy (non-hydrogen) atoms. The number of aliphatic carboxylic acids is 1. The highest BCUT2D eigenvalue weighted by atomic mass is 16.4. The summed E-state index contributed by atoms with van der Waals surface area (Å²) in [5.74, 6) is -1.02. The second kappa shape index (κ2) is 8.23. The van der Waals surface area contributed by atoms with Gasteiger partial charge >= 0.3 is 5.97 Å². The van der Waals surface area contributed by atoms with Crippen molar-refractivity contribution in [1.82, 2.24) is 10.6 Å². The van der Waals surface area contributed by atoms with Gasteiger partial charge in [-0.25, -0.2) is 0 Å². The van der Waals surface area contributed by atoms with Crippen LogP contribution in [0.4, 0.5) is 0 Å². The summed E-state index contributed by atoms with van der Waals surface area (Å²) in [5.41, 5.74) is 0. The van der Waals surface area contributed by atoms with E-state index in [0.29, 0.717) is 0 Å². The van der Waals surface area contributed by atoms with Gasteiger partial charge in [-0.15, -0.1) is 0 Å². The maximum Gasteiger partial charge on any atom is 0.305 e. The Labute approximate surface area is 90.2 Å². The van der Waals surface area contributed by atoms with Crippen molar-refractivity contribution in [2.24, 2.45) is 0 Å². The topological polar surface area (TPSA) is 78.4 Å². The van der Waals surface area contributed by atoms with Crippen molar-refractivity contribution in [3.63, 3.8) is 0 Å². The van der Waals surface area contributed by atoms with Gasteiger partial charge in [-0.05, 0) is 13.5 Å². The van der Waals surface area contributed by atoms with Gasteiger partial charge in [0.15, 0.2) is 0 Å². The fourth-order valence-electron chi connectivity index (χ4n) is 1.23. The number of carbonyl (C=O) groups excluding carboxylic acids is 1. The summed E-state index contributed by atoms with van der Waals surface area (Å²) >= 11 is 0. The molecular weight excluding hydrogens is 196 g/mol. The maximum atomic E-state index is 11.5.